The lowest BCUT2D eigenvalue weighted by atomic mass is 10.0. The fourth-order valence-corrected chi connectivity index (χ4v) is 3.32. The number of nitrogens with one attached hydrogen (secondary N) is 1. The van der Waals surface area contributed by atoms with E-state index in [0.29, 0.717) is 30.3 Å². The Morgan fingerprint density at radius 1 is 1.21 bits per heavy atom. The summed E-state index contributed by atoms with van der Waals surface area (Å²) < 4.78 is 28.3. The van der Waals surface area contributed by atoms with Gasteiger partial charge in [0.15, 0.2) is 0 Å². The average Bonchev–Trinajstić information content (AvgIpc) is 2.40. The summed E-state index contributed by atoms with van der Waals surface area (Å²) in [5.74, 6) is 0.582. The maximum absolute atomic E-state index is 12.2. The molecule has 2 rings (SSSR count). The SMILES string of the molecule is CC1CCN(S(=O)(=O)Nc2ccc(C=O)cc2)CC1. The van der Waals surface area contributed by atoms with Crippen molar-refractivity contribution in [2.45, 2.75) is 19.8 Å². The minimum absolute atomic E-state index is 0.476. The number of nitrogens with zero attached hydrogens (tertiary/aromatic N) is 1. The molecule has 1 aliphatic heterocycles. The normalized spacial score (nSPS) is 18.2. The van der Waals surface area contributed by atoms with Gasteiger partial charge in [0.25, 0.3) is 0 Å². The number of carbonyl (C=O) groups is 1. The van der Waals surface area contributed by atoms with Crippen LogP contribution in [0.25, 0.3) is 0 Å². The second-order valence-electron chi connectivity index (χ2n) is 4.93. The number of anilines is 1. The van der Waals surface area contributed by atoms with Gasteiger partial charge in [-0.1, -0.05) is 6.92 Å². The van der Waals surface area contributed by atoms with Crippen molar-refractivity contribution >= 4 is 22.2 Å². The minimum Gasteiger partial charge on any atom is -0.298 e. The van der Waals surface area contributed by atoms with E-state index in [4.69, 9.17) is 0 Å². The topological polar surface area (TPSA) is 66.5 Å². The molecule has 0 atom stereocenters. The molecule has 1 aromatic rings. The maximum atomic E-state index is 12.2. The van der Waals surface area contributed by atoms with E-state index in [2.05, 4.69) is 11.6 Å². The number of hydrogen-bond donors (Lipinski definition) is 1. The Bertz CT molecular complexity index is 532. The van der Waals surface area contributed by atoms with Gasteiger partial charge in [-0.3, -0.25) is 9.52 Å². The Hall–Kier alpha value is -1.40. The largest absolute Gasteiger partial charge is 0.301 e. The maximum Gasteiger partial charge on any atom is 0.301 e. The van der Waals surface area contributed by atoms with Crippen molar-refractivity contribution < 1.29 is 13.2 Å². The molecule has 0 saturated carbocycles. The second kappa shape index (κ2) is 5.71. The highest BCUT2D eigenvalue weighted by molar-refractivity contribution is 7.90. The minimum atomic E-state index is -3.48. The fraction of sp³-hybridized carbons (Fsp3) is 0.462. The van der Waals surface area contributed by atoms with E-state index in [9.17, 15) is 13.2 Å². The third-order valence-corrected chi connectivity index (χ3v) is 4.91. The molecule has 0 unspecified atom stereocenters. The Kier molecular flexibility index (Phi) is 4.21. The number of rotatable bonds is 4. The smallest absolute Gasteiger partial charge is 0.298 e. The average molecular weight is 282 g/mol. The molecule has 0 spiro atoms. The number of hydrogen-bond acceptors (Lipinski definition) is 3. The van der Waals surface area contributed by atoms with Gasteiger partial charge in [-0.05, 0) is 43.0 Å². The second-order valence-corrected chi connectivity index (χ2v) is 6.60. The third-order valence-electron chi connectivity index (χ3n) is 3.38. The van der Waals surface area contributed by atoms with Gasteiger partial charge in [0, 0.05) is 24.3 Å². The first-order valence-electron chi connectivity index (χ1n) is 6.34. The monoisotopic (exact) mass is 282 g/mol. The molecule has 6 heteroatoms. The van der Waals surface area contributed by atoms with E-state index in [1.807, 2.05) is 0 Å². The van der Waals surface area contributed by atoms with Crippen LogP contribution in [0.4, 0.5) is 5.69 Å². The third kappa shape index (κ3) is 3.54. The van der Waals surface area contributed by atoms with Crippen molar-refractivity contribution in [2.75, 3.05) is 17.8 Å². The molecule has 19 heavy (non-hydrogen) atoms. The Balaban J connectivity index is 2.05. The van der Waals surface area contributed by atoms with Gasteiger partial charge in [0.2, 0.25) is 0 Å². The number of carbonyl (C=O) groups excluding carboxylic acids is 1. The highest BCUT2D eigenvalue weighted by Gasteiger charge is 2.26. The van der Waals surface area contributed by atoms with Crippen molar-refractivity contribution in [3.8, 4) is 0 Å². The summed E-state index contributed by atoms with van der Waals surface area (Å²) in [4.78, 5) is 10.5. The van der Waals surface area contributed by atoms with Crippen molar-refractivity contribution in [1.29, 1.82) is 0 Å². The van der Waals surface area contributed by atoms with Gasteiger partial charge in [-0.25, -0.2) is 0 Å². The lowest BCUT2D eigenvalue weighted by molar-refractivity contribution is 0.112. The molecule has 0 radical (unpaired) electrons. The van der Waals surface area contributed by atoms with Gasteiger partial charge in [-0.2, -0.15) is 12.7 Å². The van der Waals surface area contributed by atoms with Gasteiger partial charge in [0.1, 0.15) is 6.29 Å². The number of aldehydes is 1. The van der Waals surface area contributed by atoms with E-state index < -0.39 is 10.2 Å². The van der Waals surface area contributed by atoms with Gasteiger partial charge in [0.05, 0.1) is 0 Å². The van der Waals surface area contributed by atoms with Crippen molar-refractivity contribution in [1.82, 2.24) is 4.31 Å². The Morgan fingerprint density at radius 3 is 2.32 bits per heavy atom. The molecule has 1 aromatic carbocycles. The standard InChI is InChI=1S/C13H18N2O3S/c1-11-6-8-15(9-7-11)19(17,18)14-13-4-2-12(10-16)3-5-13/h2-5,10-11,14H,6-9H2,1H3. The summed E-state index contributed by atoms with van der Waals surface area (Å²) in [5, 5.41) is 0. The van der Waals surface area contributed by atoms with E-state index in [0.717, 1.165) is 19.1 Å². The summed E-state index contributed by atoms with van der Waals surface area (Å²) in [5.41, 5.74) is 0.999. The van der Waals surface area contributed by atoms with Crippen LogP contribution in [-0.4, -0.2) is 32.1 Å². The molecule has 0 amide bonds. The zero-order chi connectivity index (χ0) is 13.9. The quantitative estimate of drug-likeness (QED) is 0.858. The molecule has 0 aliphatic carbocycles. The van der Waals surface area contributed by atoms with Crippen LogP contribution in [0, 0.1) is 5.92 Å². The molecule has 0 aromatic heterocycles. The molecular weight excluding hydrogens is 264 g/mol. The number of piperidine rings is 1. The van der Waals surface area contributed by atoms with Gasteiger partial charge in [-0.15, -0.1) is 0 Å². The van der Waals surface area contributed by atoms with Crippen LogP contribution in [0.1, 0.15) is 30.1 Å². The summed E-state index contributed by atoms with van der Waals surface area (Å²) in [6.45, 7) is 3.25. The van der Waals surface area contributed by atoms with E-state index >= 15 is 0 Å². The molecule has 104 valence electrons. The first kappa shape index (κ1) is 14.0. The summed E-state index contributed by atoms with van der Waals surface area (Å²) in [6.07, 6.45) is 2.51. The lowest BCUT2D eigenvalue weighted by Crippen LogP contribution is -2.41. The summed E-state index contributed by atoms with van der Waals surface area (Å²) in [7, 11) is -3.48. The van der Waals surface area contributed by atoms with E-state index in [1.165, 1.54) is 4.31 Å². The van der Waals surface area contributed by atoms with Crippen LogP contribution in [0.15, 0.2) is 24.3 Å². The van der Waals surface area contributed by atoms with Gasteiger partial charge < -0.3 is 0 Å². The molecule has 1 fully saturated rings. The van der Waals surface area contributed by atoms with E-state index in [1.54, 1.807) is 24.3 Å². The first-order chi connectivity index (χ1) is 9.01. The number of benzene rings is 1. The van der Waals surface area contributed by atoms with Gasteiger partial charge >= 0.3 is 10.2 Å². The molecule has 1 aliphatic rings. The van der Waals surface area contributed by atoms with Crippen LogP contribution in [0.2, 0.25) is 0 Å². The van der Waals surface area contributed by atoms with Crippen molar-refractivity contribution in [3.05, 3.63) is 29.8 Å². The molecule has 1 N–H and O–H groups in total. The predicted octanol–water partition coefficient (Wildman–Crippen LogP) is 1.89. The van der Waals surface area contributed by atoms with Crippen LogP contribution in [-0.2, 0) is 10.2 Å². The van der Waals surface area contributed by atoms with Crippen LogP contribution in [0.5, 0.6) is 0 Å². The zero-order valence-electron chi connectivity index (χ0n) is 10.9. The molecule has 5 nitrogen and oxygen atoms in total. The lowest BCUT2D eigenvalue weighted by Gasteiger charge is -2.29. The molecule has 0 bridgehead atoms. The van der Waals surface area contributed by atoms with E-state index in [-0.39, 0.29) is 0 Å². The van der Waals surface area contributed by atoms with Crippen molar-refractivity contribution in [3.63, 3.8) is 0 Å². The Labute approximate surface area is 113 Å². The van der Waals surface area contributed by atoms with Crippen LogP contribution in [0.3, 0.4) is 0 Å². The van der Waals surface area contributed by atoms with Crippen molar-refractivity contribution in [2.24, 2.45) is 5.92 Å². The zero-order valence-corrected chi connectivity index (χ0v) is 11.7. The summed E-state index contributed by atoms with van der Waals surface area (Å²) >= 11 is 0. The highest BCUT2D eigenvalue weighted by Crippen LogP contribution is 2.20. The predicted molar refractivity (Wildman–Crippen MR) is 74.3 cm³/mol. The first-order valence-corrected chi connectivity index (χ1v) is 7.78. The Morgan fingerprint density at radius 2 is 1.79 bits per heavy atom. The molecule has 1 saturated heterocycles. The van der Waals surface area contributed by atoms with Crippen LogP contribution >= 0.6 is 0 Å². The highest BCUT2D eigenvalue weighted by atomic mass is 32.2. The molecular formula is C13H18N2O3S. The molecule has 1 heterocycles. The summed E-state index contributed by atoms with van der Waals surface area (Å²) in [6, 6.07) is 6.36. The van der Waals surface area contributed by atoms with Crippen LogP contribution < -0.4 is 4.72 Å². The fourth-order valence-electron chi connectivity index (χ4n) is 2.07.